The molecule has 0 saturated heterocycles. The number of para-hydroxylation sites is 2. The summed E-state index contributed by atoms with van der Waals surface area (Å²) < 4.78 is 11.1. The highest BCUT2D eigenvalue weighted by molar-refractivity contribution is 5.77. The minimum atomic E-state index is -0.162. The molecule has 0 aliphatic heterocycles. The van der Waals surface area contributed by atoms with Gasteiger partial charge in [-0.2, -0.15) is 0 Å². The molecule has 5 heteroatoms. The topological polar surface area (TPSA) is 73.6 Å². The van der Waals surface area contributed by atoms with Crippen LogP contribution in [0.3, 0.4) is 0 Å². The quantitative estimate of drug-likeness (QED) is 0.596. The maximum atomic E-state index is 11.6. The van der Waals surface area contributed by atoms with Gasteiger partial charge in [-0.15, -0.1) is 0 Å². The zero-order valence-electron chi connectivity index (χ0n) is 12.3. The molecule has 0 aromatic heterocycles. The van der Waals surface area contributed by atoms with Gasteiger partial charge in [0.2, 0.25) is 0 Å². The van der Waals surface area contributed by atoms with Crippen molar-refractivity contribution in [1.82, 2.24) is 5.32 Å². The van der Waals surface area contributed by atoms with Crippen molar-refractivity contribution >= 4 is 11.6 Å². The van der Waals surface area contributed by atoms with E-state index in [-0.39, 0.29) is 12.5 Å². The van der Waals surface area contributed by atoms with Crippen LogP contribution in [0.4, 0.5) is 5.69 Å². The van der Waals surface area contributed by atoms with Crippen LogP contribution >= 0.6 is 0 Å². The van der Waals surface area contributed by atoms with Crippen molar-refractivity contribution in [3.63, 3.8) is 0 Å². The SMILES string of the molecule is Nc1ccccc1OCC(=O)NCCOC1CCCCC1. The van der Waals surface area contributed by atoms with Gasteiger partial charge in [-0.3, -0.25) is 4.79 Å². The number of nitrogens with two attached hydrogens (primary N) is 1. The monoisotopic (exact) mass is 292 g/mol. The number of benzene rings is 1. The molecule has 0 heterocycles. The van der Waals surface area contributed by atoms with Crippen LogP contribution in [0.5, 0.6) is 5.75 Å². The van der Waals surface area contributed by atoms with Crippen LogP contribution < -0.4 is 15.8 Å². The van der Waals surface area contributed by atoms with E-state index in [1.807, 2.05) is 12.1 Å². The molecule has 0 bridgehead atoms. The van der Waals surface area contributed by atoms with Gasteiger partial charge in [0.15, 0.2) is 6.61 Å². The van der Waals surface area contributed by atoms with E-state index in [0.717, 1.165) is 12.8 Å². The molecule has 1 amide bonds. The summed E-state index contributed by atoms with van der Waals surface area (Å²) in [7, 11) is 0. The fourth-order valence-electron chi connectivity index (χ4n) is 2.45. The lowest BCUT2D eigenvalue weighted by atomic mass is 9.98. The molecule has 1 aliphatic carbocycles. The molecular weight excluding hydrogens is 268 g/mol. The first-order valence-electron chi connectivity index (χ1n) is 7.61. The zero-order chi connectivity index (χ0) is 14.9. The molecule has 3 N–H and O–H groups in total. The highest BCUT2D eigenvalue weighted by Crippen LogP contribution is 2.20. The number of hydrogen-bond acceptors (Lipinski definition) is 4. The summed E-state index contributed by atoms with van der Waals surface area (Å²) in [5.74, 6) is 0.372. The maximum Gasteiger partial charge on any atom is 0.258 e. The van der Waals surface area contributed by atoms with Crippen LogP contribution in [0.15, 0.2) is 24.3 Å². The van der Waals surface area contributed by atoms with Crippen LogP contribution in [0.25, 0.3) is 0 Å². The summed E-state index contributed by atoms with van der Waals surface area (Å²) in [4.78, 5) is 11.6. The van der Waals surface area contributed by atoms with E-state index in [0.29, 0.717) is 30.7 Å². The Morgan fingerprint density at radius 3 is 2.76 bits per heavy atom. The van der Waals surface area contributed by atoms with Crippen LogP contribution in [0, 0.1) is 0 Å². The second kappa shape index (κ2) is 8.52. The lowest BCUT2D eigenvalue weighted by Crippen LogP contribution is -2.32. The Labute approximate surface area is 125 Å². The van der Waals surface area contributed by atoms with Gasteiger partial charge in [-0.25, -0.2) is 0 Å². The van der Waals surface area contributed by atoms with Crippen LogP contribution in [-0.4, -0.2) is 31.8 Å². The Balaban J connectivity index is 1.56. The van der Waals surface area contributed by atoms with Gasteiger partial charge in [-0.05, 0) is 25.0 Å². The number of ether oxygens (including phenoxy) is 2. The summed E-state index contributed by atoms with van der Waals surface area (Å²) in [6.07, 6.45) is 6.48. The molecule has 0 spiro atoms. The second-order valence-corrected chi connectivity index (χ2v) is 5.31. The number of nitrogens with one attached hydrogen (secondary N) is 1. The molecule has 0 unspecified atom stereocenters. The van der Waals surface area contributed by atoms with E-state index < -0.39 is 0 Å². The minimum Gasteiger partial charge on any atom is -0.482 e. The molecule has 116 valence electrons. The average Bonchev–Trinajstić information content (AvgIpc) is 2.52. The molecule has 2 rings (SSSR count). The summed E-state index contributed by atoms with van der Waals surface area (Å²) in [5, 5.41) is 2.78. The molecule has 1 saturated carbocycles. The number of rotatable bonds is 7. The fraction of sp³-hybridized carbons (Fsp3) is 0.562. The van der Waals surface area contributed by atoms with Crippen molar-refractivity contribution < 1.29 is 14.3 Å². The van der Waals surface area contributed by atoms with Crippen molar-refractivity contribution in [3.05, 3.63) is 24.3 Å². The van der Waals surface area contributed by atoms with Gasteiger partial charge in [-0.1, -0.05) is 31.4 Å². The molecule has 1 aromatic carbocycles. The van der Waals surface area contributed by atoms with Gasteiger partial charge in [0.05, 0.1) is 18.4 Å². The summed E-state index contributed by atoms with van der Waals surface area (Å²) in [6.45, 7) is 1.05. The molecule has 1 fully saturated rings. The van der Waals surface area contributed by atoms with Crippen LogP contribution in [-0.2, 0) is 9.53 Å². The predicted molar refractivity (Wildman–Crippen MR) is 82.2 cm³/mol. The average molecular weight is 292 g/mol. The lowest BCUT2D eigenvalue weighted by Gasteiger charge is -2.22. The van der Waals surface area contributed by atoms with E-state index in [1.54, 1.807) is 12.1 Å². The smallest absolute Gasteiger partial charge is 0.258 e. The summed E-state index contributed by atoms with van der Waals surface area (Å²) in [6, 6.07) is 7.13. The molecule has 1 aliphatic rings. The second-order valence-electron chi connectivity index (χ2n) is 5.31. The maximum absolute atomic E-state index is 11.6. The molecule has 0 radical (unpaired) electrons. The first-order chi connectivity index (χ1) is 10.3. The van der Waals surface area contributed by atoms with Crippen molar-refractivity contribution in [2.24, 2.45) is 0 Å². The molecule has 1 aromatic rings. The number of nitrogen functional groups attached to an aromatic ring is 1. The van der Waals surface area contributed by atoms with Gasteiger partial charge >= 0.3 is 0 Å². The molecule has 5 nitrogen and oxygen atoms in total. The summed E-state index contributed by atoms with van der Waals surface area (Å²) in [5.41, 5.74) is 6.27. The Kier molecular flexibility index (Phi) is 6.34. The van der Waals surface area contributed by atoms with E-state index in [9.17, 15) is 4.79 Å². The van der Waals surface area contributed by atoms with Gasteiger partial charge < -0.3 is 20.5 Å². The van der Waals surface area contributed by atoms with Crippen LogP contribution in [0.2, 0.25) is 0 Å². The standard InChI is InChI=1S/C16H24N2O3/c17-14-8-4-5-9-15(14)21-12-16(19)18-10-11-20-13-6-2-1-3-7-13/h4-5,8-9,13H,1-3,6-7,10-12,17H2,(H,18,19). The number of hydrogen-bond donors (Lipinski definition) is 2. The molecule has 0 atom stereocenters. The van der Waals surface area contributed by atoms with E-state index in [1.165, 1.54) is 19.3 Å². The van der Waals surface area contributed by atoms with Crippen molar-refractivity contribution in [1.29, 1.82) is 0 Å². The van der Waals surface area contributed by atoms with E-state index in [4.69, 9.17) is 15.2 Å². The Hall–Kier alpha value is -1.75. The normalized spacial score (nSPS) is 15.6. The van der Waals surface area contributed by atoms with Gasteiger partial charge in [0.25, 0.3) is 5.91 Å². The molecular formula is C16H24N2O3. The number of amides is 1. The largest absolute Gasteiger partial charge is 0.482 e. The third-order valence-electron chi connectivity index (χ3n) is 3.61. The fourth-order valence-corrected chi connectivity index (χ4v) is 2.45. The van der Waals surface area contributed by atoms with Gasteiger partial charge in [0, 0.05) is 6.54 Å². The Morgan fingerprint density at radius 2 is 2.00 bits per heavy atom. The Bertz CT molecular complexity index is 445. The first kappa shape index (κ1) is 15.6. The highest BCUT2D eigenvalue weighted by Gasteiger charge is 2.13. The first-order valence-corrected chi connectivity index (χ1v) is 7.61. The van der Waals surface area contributed by atoms with Crippen molar-refractivity contribution in [2.75, 3.05) is 25.5 Å². The summed E-state index contributed by atoms with van der Waals surface area (Å²) >= 11 is 0. The lowest BCUT2D eigenvalue weighted by molar-refractivity contribution is -0.123. The number of carbonyl (C=O) groups excluding carboxylic acids is 1. The van der Waals surface area contributed by atoms with Crippen molar-refractivity contribution in [2.45, 2.75) is 38.2 Å². The van der Waals surface area contributed by atoms with E-state index >= 15 is 0 Å². The molecule has 21 heavy (non-hydrogen) atoms. The third-order valence-corrected chi connectivity index (χ3v) is 3.61. The Morgan fingerprint density at radius 1 is 1.24 bits per heavy atom. The predicted octanol–water partition coefficient (Wildman–Crippen LogP) is 2.11. The van der Waals surface area contributed by atoms with Crippen LogP contribution in [0.1, 0.15) is 32.1 Å². The zero-order valence-corrected chi connectivity index (χ0v) is 12.3. The minimum absolute atomic E-state index is 0.0301. The number of carbonyl (C=O) groups is 1. The highest BCUT2D eigenvalue weighted by atomic mass is 16.5. The third kappa shape index (κ3) is 5.63. The van der Waals surface area contributed by atoms with Gasteiger partial charge in [0.1, 0.15) is 5.75 Å². The van der Waals surface area contributed by atoms with Crippen molar-refractivity contribution in [3.8, 4) is 5.75 Å². The number of anilines is 1. The van der Waals surface area contributed by atoms with E-state index in [2.05, 4.69) is 5.32 Å².